The highest BCUT2D eigenvalue weighted by Crippen LogP contribution is 2.21. The van der Waals surface area contributed by atoms with Crippen LogP contribution in [0.15, 0.2) is 0 Å². The first kappa shape index (κ1) is 11.5. The maximum atomic E-state index is 11.5. The topological polar surface area (TPSA) is 49.6 Å². The van der Waals surface area contributed by atoms with Crippen molar-refractivity contribution in [2.45, 2.75) is 19.4 Å². The number of carbonyl (C=O) groups is 1. The molecule has 0 aromatic rings. The Morgan fingerprint density at radius 2 is 2.21 bits per heavy atom. The van der Waals surface area contributed by atoms with Gasteiger partial charge in [-0.2, -0.15) is 0 Å². The summed E-state index contributed by atoms with van der Waals surface area (Å²) in [6.45, 7) is 4.40. The summed E-state index contributed by atoms with van der Waals surface area (Å²) < 4.78 is 0. The largest absolute Gasteiger partial charge is 0.348 e. The van der Waals surface area contributed by atoms with Gasteiger partial charge in [0.2, 0.25) is 5.91 Å². The summed E-state index contributed by atoms with van der Waals surface area (Å²) in [5, 5.41) is 0. The average Bonchev–Trinajstić information content (AvgIpc) is 2.47. The predicted octanol–water partition coefficient (Wildman–Crippen LogP) is -0.256. The SMILES string of the molecule is CC1CC(CN)CN1CC(=O)N(C)C. The van der Waals surface area contributed by atoms with Gasteiger partial charge in [-0.1, -0.05) is 0 Å². The third-order valence-corrected chi connectivity index (χ3v) is 2.96. The molecule has 0 spiro atoms. The fourth-order valence-corrected chi connectivity index (χ4v) is 1.92. The molecule has 82 valence electrons. The minimum atomic E-state index is 0.175. The first-order valence-electron chi connectivity index (χ1n) is 5.18. The van der Waals surface area contributed by atoms with Crippen LogP contribution >= 0.6 is 0 Å². The zero-order valence-electron chi connectivity index (χ0n) is 9.36. The molecule has 2 atom stereocenters. The normalized spacial score (nSPS) is 28.0. The van der Waals surface area contributed by atoms with E-state index >= 15 is 0 Å². The Balaban J connectivity index is 2.42. The zero-order valence-corrected chi connectivity index (χ0v) is 9.36. The van der Waals surface area contributed by atoms with Gasteiger partial charge in [0.25, 0.3) is 0 Å². The Morgan fingerprint density at radius 1 is 1.57 bits per heavy atom. The molecule has 2 unspecified atom stereocenters. The lowest BCUT2D eigenvalue weighted by atomic mass is 10.1. The number of carbonyl (C=O) groups excluding carboxylic acids is 1. The second-order valence-corrected chi connectivity index (χ2v) is 4.40. The molecule has 1 heterocycles. The molecule has 0 saturated carbocycles. The minimum Gasteiger partial charge on any atom is -0.348 e. The molecule has 1 rings (SSSR count). The Morgan fingerprint density at radius 3 is 2.64 bits per heavy atom. The van der Waals surface area contributed by atoms with Gasteiger partial charge < -0.3 is 10.6 Å². The van der Waals surface area contributed by atoms with Gasteiger partial charge in [-0.15, -0.1) is 0 Å². The van der Waals surface area contributed by atoms with Crippen molar-refractivity contribution in [2.75, 3.05) is 33.7 Å². The molecule has 1 aliphatic rings. The van der Waals surface area contributed by atoms with Crippen molar-refractivity contribution in [2.24, 2.45) is 11.7 Å². The molecule has 1 fully saturated rings. The van der Waals surface area contributed by atoms with Crippen molar-refractivity contribution < 1.29 is 4.79 Å². The summed E-state index contributed by atoms with van der Waals surface area (Å²) in [6.07, 6.45) is 1.12. The Labute approximate surface area is 86.0 Å². The highest BCUT2D eigenvalue weighted by atomic mass is 16.2. The predicted molar refractivity (Wildman–Crippen MR) is 56.9 cm³/mol. The van der Waals surface area contributed by atoms with Crippen molar-refractivity contribution in [1.82, 2.24) is 9.80 Å². The number of rotatable bonds is 3. The second kappa shape index (κ2) is 4.75. The highest BCUT2D eigenvalue weighted by molar-refractivity contribution is 5.77. The average molecular weight is 199 g/mol. The van der Waals surface area contributed by atoms with Crippen molar-refractivity contribution in [1.29, 1.82) is 0 Å². The quantitative estimate of drug-likeness (QED) is 0.681. The van der Waals surface area contributed by atoms with E-state index in [4.69, 9.17) is 5.73 Å². The van der Waals surface area contributed by atoms with Crippen molar-refractivity contribution >= 4 is 5.91 Å². The fourth-order valence-electron chi connectivity index (χ4n) is 1.92. The monoisotopic (exact) mass is 199 g/mol. The molecule has 2 N–H and O–H groups in total. The van der Waals surface area contributed by atoms with Gasteiger partial charge >= 0.3 is 0 Å². The van der Waals surface area contributed by atoms with E-state index in [2.05, 4.69) is 11.8 Å². The molecule has 0 aliphatic carbocycles. The highest BCUT2D eigenvalue weighted by Gasteiger charge is 2.29. The van der Waals surface area contributed by atoms with E-state index in [1.54, 1.807) is 19.0 Å². The van der Waals surface area contributed by atoms with Gasteiger partial charge in [0.15, 0.2) is 0 Å². The van der Waals surface area contributed by atoms with Crippen LogP contribution in [0.1, 0.15) is 13.3 Å². The number of nitrogens with zero attached hydrogens (tertiary/aromatic N) is 2. The van der Waals surface area contributed by atoms with Gasteiger partial charge in [-0.05, 0) is 25.8 Å². The first-order valence-corrected chi connectivity index (χ1v) is 5.18. The summed E-state index contributed by atoms with van der Waals surface area (Å²) in [7, 11) is 3.59. The summed E-state index contributed by atoms with van der Waals surface area (Å²) in [5.74, 6) is 0.745. The van der Waals surface area contributed by atoms with Crippen molar-refractivity contribution in [3.8, 4) is 0 Å². The van der Waals surface area contributed by atoms with Crippen LogP contribution in [0.25, 0.3) is 0 Å². The number of likely N-dealkylation sites (N-methyl/N-ethyl adjacent to an activating group) is 1. The standard InChI is InChI=1S/C10H21N3O/c1-8-4-9(5-11)6-13(8)7-10(14)12(2)3/h8-9H,4-7,11H2,1-3H3. The molecule has 0 bridgehead atoms. The van der Waals surface area contributed by atoms with Crippen molar-refractivity contribution in [3.63, 3.8) is 0 Å². The van der Waals surface area contributed by atoms with E-state index in [1.807, 2.05) is 0 Å². The Bertz CT molecular complexity index is 206. The number of amides is 1. The summed E-state index contributed by atoms with van der Waals surface area (Å²) >= 11 is 0. The minimum absolute atomic E-state index is 0.175. The molecule has 14 heavy (non-hydrogen) atoms. The van der Waals surface area contributed by atoms with Gasteiger partial charge in [0.05, 0.1) is 6.54 Å². The van der Waals surface area contributed by atoms with Crippen LogP contribution in [-0.2, 0) is 4.79 Å². The maximum absolute atomic E-state index is 11.5. The summed E-state index contributed by atoms with van der Waals surface area (Å²) in [6, 6.07) is 0.493. The molecule has 1 saturated heterocycles. The van der Waals surface area contributed by atoms with Gasteiger partial charge in [-0.25, -0.2) is 0 Å². The molecule has 0 aromatic carbocycles. The lowest BCUT2D eigenvalue weighted by Gasteiger charge is -2.22. The van der Waals surface area contributed by atoms with E-state index < -0.39 is 0 Å². The second-order valence-electron chi connectivity index (χ2n) is 4.40. The van der Waals surface area contributed by atoms with Crippen LogP contribution in [0.3, 0.4) is 0 Å². The molecule has 4 nitrogen and oxygen atoms in total. The van der Waals surface area contributed by atoms with Crippen LogP contribution < -0.4 is 5.73 Å². The Kier molecular flexibility index (Phi) is 3.89. The number of hydrogen-bond donors (Lipinski definition) is 1. The molecule has 1 amide bonds. The van der Waals surface area contributed by atoms with E-state index in [1.165, 1.54) is 0 Å². The van der Waals surface area contributed by atoms with E-state index in [0.717, 1.165) is 19.5 Å². The first-order chi connectivity index (χ1) is 6.54. The van der Waals surface area contributed by atoms with Gasteiger partial charge in [-0.3, -0.25) is 9.69 Å². The lowest BCUT2D eigenvalue weighted by Crippen LogP contribution is -2.38. The van der Waals surface area contributed by atoms with Gasteiger partial charge in [0, 0.05) is 26.7 Å². The van der Waals surface area contributed by atoms with E-state index in [0.29, 0.717) is 18.5 Å². The Hall–Kier alpha value is -0.610. The fraction of sp³-hybridized carbons (Fsp3) is 0.900. The van der Waals surface area contributed by atoms with Crippen LogP contribution in [0.4, 0.5) is 0 Å². The van der Waals surface area contributed by atoms with Crippen LogP contribution in [0.5, 0.6) is 0 Å². The molecule has 4 heteroatoms. The maximum Gasteiger partial charge on any atom is 0.236 e. The van der Waals surface area contributed by atoms with E-state index in [-0.39, 0.29) is 5.91 Å². The molecule has 1 aliphatic heterocycles. The number of likely N-dealkylation sites (tertiary alicyclic amines) is 1. The van der Waals surface area contributed by atoms with Crippen molar-refractivity contribution in [3.05, 3.63) is 0 Å². The molecule has 0 aromatic heterocycles. The zero-order chi connectivity index (χ0) is 10.7. The van der Waals surface area contributed by atoms with Crippen LogP contribution in [0.2, 0.25) is 0 Å². The van der Waals surface area contributed by atoms with Crippen LogP contribution in [0, 0.1) is 5.92 Å². The smallest absolute Gasteiger partial charge is 0.236 e. The molecule has 0 radical (unpaired) electrons. The van der Waals surface area contributed by atoms with Gasteiger partial charge in [0.1, 0.15) is 0 Å². The third-order valence-electron chi connectivity index (χ3n) is 2.96. The summed E-state index contributed by atoms with van der Waals surface area (Å²) in [5.41, 5.74) is 5.63. The molecular formula is C10H21N3O. The molecular weight excluding hydrogens is 178 g/mol. The number of nitrogens with two attached hydrogens (primary N) is 1. The summed E-state index contributed by atoms with van der Waals surface area (Å²) in [4.78, 5) is 15.4. The lowest BCUT2D eigenvalue weighted by molar-refractivity contribution is -0.130. The third kappa shape index (κ3) is 2.69. The van der Waals surface area contributed by atoms with Crippen LogP contribution in [-0.4, -0.2) is 55.5 Å². The number of hydrogen-bond acceptors (Lipinski definition) is 3. The van der Waals surface area contributed by atoms with E-state index in [9.17, 15) is 4.79 Å².